The van der Waals surface area contributed by atoms with E-state index < -0.39 is 5.97 Å². The maximum atomic E-state index is 11.0. The quantitative estimate of drug-likeness (QED) is 0.592. The lowest BCUT2D eigenvalue weighted by Gasteiger charge is -2.11. The molecule has 0 aliphatic carbocycles. The van der Waals surface area contributed by atoms with Crippen LogP contribution in [0.4, 0.5) is 0 Å². The van der Waals surface area contributed by atoms with Crippen LogP contribution in [-0.2, 0) is 0 Å². The Morgan fingerprint density at radius 2 is 2.31 bits per heavy atom. The molecule has 1 rings (SSSR count). The van der Waals surface area contributed by atoms with Gasteiger partial charge in [-0.25, -0.2) is 4.79 Å². The molecular formula is C13H16O3. The Hall–Kier alpha value is -1.77. The zero-order valence-electron chi connectivity index (χ0n) is 9.40. The second kappa shape index (κ2) is 5.95. The SMILES string of the molecule is C=CCCCOc1c(C)cccc1C(=O)O. The minimum atomic E-state index is -0.956. The molecule has 0 aliphatic rings. The molecule has 0 unspecified atom stereocenters. The number of carboxylic acid groups (broad SMARTS) is 1. The van der Waals surface area contributed by atoms with E-state index in [1.807, 2.05) is 19.1 Å². The van der Waals surface area contributed by atoms with Gasteiger partial charge in [-0.1, -0.05) is 18.2 Å². The Morgan fingerprint density at radius 1 is 1.56 bits per heavy atom. The molecule has 0 atom stereocenters. The predicted octanol–water partition coefficient (Wildman–Crippen LogP) is 3.04. The first-order chi connectivity index (χ1) is 7.66. The molecule has 1 N–H and O–H groups in total. The number of carboxylic acids is 1. The van der Waals surface area contributed by atoms with Gasteiger partial charge in [0.1, 0.15) is 11.3 Å². The van der Waals surface area contributed by atoms with E-state index in [1.54, 1.807) is 12.1 Å². The first-order valence-electron chi connectivity index (χ1n) is 5.23. The van der Waals surface area contributed by atoms with E-state index in [1.165, 1.54) is 0 Å². The van der Waals surface area contributed by atoms with Gasteiger partial charge in [0.05, 0.1) is 6.61 Å². The summed E-state index contributed by atoms with van der Waals surface area (Å²) in [6.45, 7) is 5.97. The molecule has 0 heterocycles. The first-order valence-corrected chi connectivity index (χ1v) is 5.23. The summed E-state index contributed by atoms with van der Waals surface area (Å²) >= 11 is 0. The van der Waals surface area contributed by atoms with Crippen molar-refractivity contribution >= 4 is 5.97 Å². The molecule has 1 aromatic rings. The molecule has 0 saturated heterocycles. The van der Waals surface area contributed by atoms with E-state index in [4.69, 9.17) is 9.84 Å². The van der Waals surface area contributed by atoms with Gasteiger partial charge in [0, 0.05) is 0 Å². The van der Waals surface area contributed by atoms with Crippen LogP contribution in [0.5, 0.6) is 5.75 Å². The lowest BCUT2D eigenvalue weighted by molar-refractivity contribution is 0.0692. The van der Waals surface area contributed by atoms with Crippen LogP contribution >= 0.6 is 0 Å². The molecule has 0 radical (unpaired) electrons. The number of allylic oxidation sites excluding steroid dienone is 1. The van der Waals surface area contributed by atoms with Crippen LogP contribution in [-0.4, -0.2) is 17.7 Å². The van der Waals surface area contributed by atoms with Crippen molar-refractivity contribution in [1.29, 1.82) is 0 Å². The normalized spacial score (nSPS) is 9.81. The lowest BCUT2D eigenvalue weighted by Crippen LogP contribution is -2.05. The molecule has 0 amide bonds. The molecule has 0 saturated carbocycles. The van der Waals surface area contributed by atoms with Gasteiger partial charge in [-0.3, -0.25) is 0 Å². The van der Waals surface area contributed by atoms with Crippen molar-refractivity contribution in [2.45, 2.75) is 19.8 Å². The van der Waals surface area contributed by atoms with Gasteiger partial charge in [-0.05, 0) is 31.4 Å². The summed E-state index contributed by atoms with van der Waals surface area (Å²) < 4.78 is 5.50. The van der Waals surface area contributed by atoms with Gasteiger partial charge in [0.15, 0.2) is 0 Å². The minimum absolute atomic E-state index is 0.221. The zero-order chi connectivity index (χ0) is 12.0. The van der Waals surface area contributed by atoms with Gasteiger partial charge < -0.3 is 9.84 Å². The Balaban J connectivity index is 2.76. The third kappa shape index (κ3) is 3.12. The summed E-state index contributed by atoms with van der Waals surface area (Å²) in [6.07, 6.45) is 3.53. The number of hydrogen-bond acceptors (Lipinski definition) is 2. The fourth-order valence-corrected chi connectivity index (χ4v) is 1.41. The fraction of sp³-hybridized carbons (Fsp3) is 0.308. The van der Waals surface area contributed by atoms with Crippen LogP contribution in [0.15, 0.2) is 30.9 Å². The molecule has 0 spiro atoms. The Kier molecular flexibility index (Phi) is 4.58. The molecule has 0 fully saturated rings. The molecule has 16 heavy (non-hydrogen) atoms. The second-order valence-electron chi connectivity index (χ2n) is 3.54. The van der Waals surface area contributed by atoms with Crippen molar-refractivity contribution in [3.63, 3.8) is 0 Å². The molecule has 1 aromatic carbocycles. The van der Waals surface area contributed by atoms with Crippen molar-refractivity contribution < 1.29 is 14.6 Å². The van der Waals surface area contributed by atoms with Gasteiger partial charge in [-0.15, -0.1) is 6.58 Å². The third-order valence-corrected chi connectivity index (χ3v) is 2.24. The number of benzene rings is 1. The van der Waals surface area contributed by atoms with Crippen LogP contribution < -0.4 is 4.74 Å². The fourth-order valence-electron chi connectivity index (χ4n) is 1.41. The number of unbranched alkanes of at least 4 members (excludes halogenated alkanes) is 1. The highest BCUT2D eigenvalue weighted by molar-refractivity contribution is 5.91. The summed E-state index contributed by atoms with van der Waals surface area (Å²) in [5.74, 6) is -0.485. The largest absolute Gasteiger partial charge is 0.492 e. The maximum absolute atomic E-state index is 11.0. The van der Waals surface area contributed by atoms with Crippen molar-refractivity contribution in [2.75, 3.05) is 6.61 Å². The number of aromatic carboxylic acids is 1. The van der Waals surface area contributed by atoms with Crippen molar-refractivity contribution in [3.05, 3.63) is 42.0 Å². The number of carbonyl (C=O) groups is 1. The standard InChI is InChI=1S/C13H16O3/c1-3-4-5-9-16-12-10(2)7-6-8-11(12)13(14)15/h3,6-8H,1,4-5,9H2,2H3,(H,14,15). The van der Waals surface area contributed by atoms with Crippen LogP contribution in [0.3, 0.4) is 0 Å². The molecular weight excluding hydrogens is 204 g/mol. The first kappa shape index (κ1) is 12.3. The second-order valence-corrected chi connectivity index (χ2v) is 3.54. The number of para-hydroxylation sites is 1. The maximum Gasteiger partial charge on any atom is 0.339 e. The number of rotatable bonds is 6. The van der Waals surface area contributed by atoms with E-state index >= 15 is 0 Å². The highest BCUT2D eigenvalue weighted by Gasteiger charge is 2.12. The summed E-state index contributed by atoms with van der Waals surface area (Å²) in [6, 6.07) is 5.11. The van der Waals surface area contributed by atoms with E-state index in [0.717, 1.165) is 18.4 Å². The molecule has 3 heteroatoms. The molecule has 86 valence electrons. The monoisotopic (exact) mass is 220 g/mol. The van der Waals surface area contributed by atoms with Crippen molar-refractivity contribution in [3.8, 4) is 5.75 Å². The van der Waals surface area contributed by atoms with Crippen molar-refractivity contribution in [2.24, 2.45) is 0 Å². The predicted molar refractivity (Wildman–Crippen MR) is 63.1 cm³/mol. The average Bonchev–Trinajstić information content (AvgIpc) is 2.25. The molecule has 0 bridgehead atoms. The highest BCUT2D eigenvalue weighted by Crippen LogP contribution is 2.23. The van der Waals surface area contributed by atoms with Gasteiger partial charge in [0.25, 0.3) is 0 Å². The Bertz CT molecular complexity index is 383. The smallest absolute Gasteiger partial charge is 0.339 e. The minimum Gasteiger partial charge on any atom is -0.492 e. The van der Waals surface area contributed by atoms with E-state index in [2.05, 4.69) is 6.58 Å². The molecule has 3 nitrogen and oxygen atoms in total. The number of aryl methyl sites for hydroxylation is 1. The third-order valence-electron chi connectivity index (χ3n) is 2.24. The highest BCUT2D eigenvalue weighted by atomic mass is 16.5. The van der Waals surface area contributed by atoms with Gasteiger partial charge in [0.2, 0.25) is 0 Å². The van der Waals surface area contributed by atoms with E-state index in [0.29, 0.717) is 12.4 Å². The lowest BCUT2D eigenvalue weighted by atomic mass is 10.1. The topological polar surface area (TPSA) is 46.5 Å². The molecule has 0 aliphatic heterocycles. The summed E-state index contributed by atoms with van der Waals surface area (Å²) in [7, 11) is 0. The van der Waals surface area contributed by atoms with E-state index in [-0.39, 0.29) is 5.56 Å². The van der Waals surface area contributed by atoms with Crippen LogP contribution in [0.25, 0.3) is 0 Å². The number of hydrogen-bond donors (Lipinski definition) is 1. The zero-order valence-corrected chi connectivity index (χ0v) is 9.40. The number of ether oxygens (including phenoxy) is 1. The Morgan fingerprint density at radius 3 is 2.94 bits per heavy atom. The summed E-state index contributed by atoms with van der Waals surface area (Å²) in [5, 5.41) is 9.00. The van der Waals surface area contributed by atoms with Gasteiger partial charge in [-0.2, -0.15) is 0 Å². The van der Waals surface area contributed by atoms with E-state index in [9.17, 15) is 4.79 Å². The molecule has 0 aromatic heterocycles. The van der Waals surface area contributed by atoms with Crippen LogP contribution in [0.2, 0.25) is 0 Å². The summed E-state index contributed by atoms with van der Waals surface area (Å²) in [5.41, 5.74) is 1.07. The summed E-state index contributed by atoms with van der Waals surface area (Å²) in [4.78, 5) is 11.0. The van der Waals surface area contributed by atoms with Gasteiger partial charge >= 0.3 is 5.97 Å². The van der Waals surface area contributed by atoms with Crippen molar-refractivity contribution in [1.82, 2.24) is 0 Å². The Labute approximate surface area is 95.4 Å². The average molecular weight is 220 g/mol. The van der Waals surface area contributed by atoms with Crippen LogP contribution in [0.1, 0.15) is 28.8 Å². The van der Waals surface area contributed by atoms with Crippen LogP contribution in [0, 0.1) is 6.92 Å².